The Morgan fingerprint density at radius 3 is 2.58 bits per heavy atom. The molecule has 1 aromatic carbocycles. The maximum Gasteiger partial charge on any atom is 0.227 e. The third-order valence-electron chi connectivity index (χ3n) is 4.19. The van der Waals surface area contributed by atoms with Crippen LogP contribution in [0.5, 0.6) is 0 Å². The van der Waals surface area contributed by atoms with E-state index in [-0.39, 0.29) is 18.3 Å². The fourth-order valence-corrected chi connectivity index (χ4v) is 3.74. The van der Waals surface area contributed by atoms with Crippen LogP contribution in [-0.2, 0) is 17.8 Å². The van der Waals surface area contributed by atoms with E-state index in [2.05, 4.69) is 34.3 Å². The van der Waals surface area contributed by atoms with E-state index in [1.165, 1.54) is 10.6 Å². The van der Waals surface area contributed by atoms with Crippen LogP contribution in [0.25, 0.3) is 0 Å². The predicted octanol–water partition coefficient (Wildman–Crippen LogP) is 3.07. The number of carbonyl (C=O) groups is 1. The van der Waals surface area contributed by atoms with Crippen molar-refractivity contribution < 1.29 is 4.79 Å². The molecule has 2 heterocycles. The lowest BCUT2D eigenvalue weighted by Gasteiger charge is -2.34. The molecule has 1 aliphatic rings. The van der Waals surface area contributed by atoms with Gasteiger partial charge in [-0.3, -0.25) is 9.69 Å². The summed E-state index contributed by atoms with van der Waals surface area (Å²) in [6.07, 6.45) is 0.507. The minimum Gasteiger partial charge on any atom is -0.340 e. The van der Waals surface area contributed by atoms with E-state index in [0.717, 1.165) is 44.0 Å². The lowest BCUT2D eigenvalue weighted by Crippen LogP contribution is -2.48. The van der Waals surface area contributed by atoms with Crippen molar-refractivity contribution >= 4 is 29.7 Å². The molecule has 1 fully saturated rings. The molecule has 0 spiro atoms. The minimum atomic E-state index is 0. The second kappa shape index (κ2) is 8.60. The van der Waals surface area contributed by atoms with Crippen molar-refractivity contribution in [3.63, 3.8) is 0 Å². The monoisotopic (exact) mass is 365 g/mol. The van der Waals surface area contributed by atoms with Gasteiger partial charge in [-0.15, -0.1) is 23.7 Å². The number of amides is 1. The molecule has 24 heavy (non-hydrogen) atoms. The fraction of sp³-hybridized carbons (Fsp3) is 0.444. The molecule has 1 amide bonds. The summed E-state index contributed by atoms with van der Waals surface area (Å²) in [5.74, 6) is 0.236. The Morgan fingerprint density at radius 2 is 1.96 bits per heavy atom. The maximum atomic E-state index is 12.4. The van der Waals surface area contributed by atoms with E-state index < -0.39 is 0 Å². The molecule has 2 aromatic rings. The Bertz CT molecular complexity index is 680. The summed E-state index contributed by atoms with van der Waals surface area (Å²) in [6, 6.07) is 8.21. The average Bonchev–Trinajstić information content (AvgIpc) is 2.93. The second-order valence-corrected chi connectivity index (χ2v) is 7.15. The smallest absolute Gasteiger partial charge is 0.227 e. The van der Waals surface area contributed by atoms with Gasteiger partial charge in [-0.1, -0.05) is 29.8 Å². The van der Waals surface area contributed by atoms with E-state index >= 15 is 0 Å². The van der Waals surface area contributed by atoms with Crippen molar-refractivity contribution in [1.29, 1.82) is 0 Å². The molecule has 0 atom stereocenters. The van der Waals surface area contributed by atoms with Gasteiger partial charge in [0.2, 0.25) is 5.91 Å². The SMILES string of the molecule is Cc1cccc(CC(=O)N2CCN(Cc3nc(C)cs3)CC2)c1.Cl. The normalized spacial score (nSPS) is 15.2. The molecule has 0 aliphatic carbocycles. The zero-order chi connectivity index (χ0) is 16.2. The van der Waals surface area contributed by atoms with Crippen LogP contribution in [0.1, 0.15) is 21.8 Å². The highest BCUT2D eigenvalue weighted by Gasteiger charge is 2.21. The number of aromatic nitrogens is 1. The minimum absolute atomic E-state index is 0. The first-order valence-corrected chi connectivity index (χ1v) is 8.95. The van der Waals surface area contributed by atoms with Gasteiger partial charge in [0.15, 0.2) is 0 Å². The summed E-state index contributed by atoms with van der Waals surface area (Å²) >= 11 is 1.72. The Labute approximate surface area is 153 Å². The lowest BCUT2D eigenvalue weighted by atomic mass is 10.1. The summed E-state index contributed by atoms with van der Waals surface area (Å²) in [7, 11) is 0. The molecular weight excluding hydrogens is 342 g/mol. The Kier molecular flexibility index (Phi) is 6.78. The Morgan fingerprint density at radius 1 is 1.21 bits per heavy atom. The zero-order valence-electron chi connectivity index (χ0n) is 14.2. The lowest BCUT2D eigenvalue weighted by molar-refractivity contribution is -0.132. The van der Waals surface area contributed by atoms with Crippen LogP contribution in [0, 0.1) is 13.8 Å². The van der Waals surface area contributed by atoms with E-state index in [4.69, 9.17) is 0 Å². The molecule has 0 radical (unpaired) electrons. The molecule has 0 N–H and O–H groups in total. The van der Waals surface area contributed by atoms with Gasteiger partial charge in [-0.25, -0.2) is 4.98 Å². The molecule has 1 aliphatic heterocycles. The topological polar surface area (TPSA) is 36.4 Å². The first kappa shape index (κ1) is 18.9. The van der Waals surface area contributed by atoms with Crippen LogP contribution in [0.3, 0.4) is 0 Å². The van der Waals surface area contributed by atoms with E-state index in [0.29, 0.717) is 6.42 Å². The quantitative estimate of drug-likeness (QED) is 0.835. The standard InChI is InChI=1S/C18H23N3OS.ClH/c1-14-4-3-5-16(10-14)11-18(22)21-8-6-20(7-9-21)12-17-19-15(2)13-23-17;/h3-5,10,13H,6-9,11-12H2,1-2H3;1H. The van der Waals surface area contributed by atoms with Gasteiger partial charge >= 0.3 is 0 Å². The Hall–Kier alpha value is -1.43. The first-order chi connectivity index (χ1) is 11.1. The van der Waals surface area contributed by atoms with Gasteiger partial charge < -0.3 is 4.90 Å². The summed E-state index contributed by atoms with van der Waals surface area (Å²) in [6.45, 7) is 8.48. The number of carbonyl (C=O) groups excluding carboxylic acids is 1. The number of benzene rings is 1. The number of halogens is 1. The van der Waals surface area contributed by atoms with Crippen molar-refractivity contribution in [3.8, 4) is 0 Å². The number of hydrogen-bond acceptors (Lipinski definition) is 4. The van der Waals surface area contributed by atoms with Gasteiger partial charge in [0.05, 0.1) is 13.0 Å². The summed E-state index contributed by atoms with van der Waals surface area (Å²) in [5.41, 5.74) is 3.41. The van der Waals surface area contributed by atoms with Crippen LogP contribution < -0.4 is 0 Å². The molecule has 0 unspecified atom stereocenters. The van der Waals surface area contributed by atoms with E-state index in [1.54, 1.807) is 11.3 Å². The van der Waals surface area contributed by atoms with Crippen molar-refractivity contribution in [2.75, 3.05) is 26.2 Å². The number of thiazole rings is 1. The van der Waals surface area contributed by atoms with Crippen molar-refractivity contribution in [1.82, 2.24) is 14.8 Å². The molecule has 6 heteroatoms. The maximum absolute atomic E-state index is 12.4. The fourth-order valence-electron chi connectivity index (χ4n) is 2.93. The van der Waals surface area contributed by atoms with E-state index in [9.17, 15) is 4.79 Å². The average molecular weight is 366 g/mol. The number of piperazine rings is 1. The van der Waals surface area contributed by atoms with Gasteiger partial charge in [0, 0.05) is 37.3 Å². The van der Waals surface area contributed by atoms with Gasteiger partial charge in [0.25, 0.3) is 0 Å². The van der Waals surface area contributed by atoms with Gasteiger partial charge in [-0.2, -0.15) is 0 Å². The van der Waals surface area contributed by atoms with Gasteiger partial charge in [0.1, 0.15) is 5.01 Å². The highest BCUT2D eigenvalue weighted by molar-refractivity contribution is 7.09. The third-order valence-corrected chi connectivity index (χ3v) is 5.14. The predicted molar refractivity (Wildman–Crippen MR) is 101 cm³/mol. The molecule has 0 saturated carbocycles. The third kappa shape index (κ3) is 5.03. The summed E-state index contributed by atoms with van der Waals surface area (Å²) < 4.78 is 0. The number of nitrogens with zero attached hydrogens (tertiary/aromatic N) is 3. The molecular formula is C18H24ClN3OS. The van der Waals surface area contributed by atoms with Crippen LogP contribution in [-0.4, -0.2) is 46.9 Å². The number of hydrogen-bond donors (Lipinski definition) is 0. The molecule has 4 nitrogen and oxygen atoms in total. The van der Waals surface area contributed by atoms with Crippen LogP contribution >= 0.6 is 23.7 Å². The van der Waals surface area contributed by atoms with Crippen molar-refractivity contribution in [2.45, 2.75) is 26.8 Å². The summed E-state index contributed by atoms with van der Waals surface area (Å²) in [4.78, 5) is 21.3. The highest BCUT2D eigenvalue weighted by Crippen LogP contribution is 2.14. The van der Waals surface area contributed by atoms with Gasteiger partial charge in [-0.05, 0) is 19.4 Å². The van der Waals surface area contributed by atoms with Crippen LogP contribution in [0.15, 0.2) is 29.6 Å². The second-order valence-electron chi connectivity index (χ2n) is 6.21. The summed E-state index contributed by atoms with van der Waals surface area (Å²) in [5, 5.41) is 3.26. The van der Waals surface area contributed by atoms with E-state index in [1.807, 2.05) is 24.0 Å². The number of rotatable bonds is 4. The van der Waals surface area contributed by atoms with Crippen LogP contribution in [0.2, 0.25) is 0 Å². The molecule has 1 aromatic heterocycles. The molecule has 3 rings (SSSR count). The largest absolute Gasteiger partial charge is 0.340 e. The molecule has 1 saturated heterocycles. The molecule has 130 valence electrons. The van der Waals surface area contributed by atoms with Crippen molar-refractivity contribution in [3.05, 3.63) is 51.5 Å². The number of aryl methyl sites for hydroxylation is 2. The van der Waals surface area contributed by atoms with Crippen molar-refractivity contribution in [2.24, 2.45) is 0 Å². The zero-order valence-corrected chi connectivity index (χ0v) is 15.8. The molecule has 0 bridgehead atoms. The highest BCUT2D eigenvalue weighted by atomic mass is 35.5. The van der Waals surface area contributed by atoms with Crippen LogP contribution in [0.4, 0.5) is 0 Å². The first-order valence-electron chi connectivity index (χ1n) is 8.07. The Balaban J connectivity index is 0.00000208.